The van der Waals surface area contributed by atoms with Crippen LogP contribution in [0.1, 0.15) is 39.5 Å². The molecule has 0 aromatic carbocycles. The molecule has 1 fully saturated rings. The molecule has 120 valence electrons. The standard InChI is InChI=1S/C18H28N4/c1-14-5-3-6-15(2)17(14)13-21-16-7-11-22(12-8-16)18-19-9-4-10-20-18/h4-5,9-10,15-17,21H,3,6-8,11-13H2,1-2H3/t15-,17-/m0/s1. The van der Waals surface area contributed by atoms with Crippen molar-refractivity contribution in [1.29, 1.82) is 0 Å². The minimum Gasteiger partial charge on any atom is -0.341 e. The average Bonchev–Trinajstić information content (AvgIpc) is 2.56. The second kappa shape index (κ2) is 7.23. The van der Waals surface area contributed by atoms with Gasteiger partial charge in [0.25, 0.3) is 0 Å². The Morgan fingerprint density at radius 2 is 1.91 bits per heavy atom. The minimum atomic E-state index is 0.641. The van der Waals surface area contributed by atoms with Gasteiger partial charge in [0.2, 0.25) is 5.95 Å². The largest absolute Gasteiger partial charge is 0.341 e. The lowest BCUT2D eigenvalue weighted by molar-refractivity contribution is 0.317. The second-order valence-corrected chi connectivity index (χ2v) is 6.83. The van der Waals surface area contributed by atoms with E-state index < -0.39 is 0 Å². The average molecular weight is 300 g/mol. The van der Waals surface area contributed by atoms with Gasteiger partial charge in [-0.25, -0.2) is 9.97 Å². The molecule has 2 aliphatic rings. The number of aromatic nitrogens is 2. The summed E-state index contributed by atoms with van der Waals surface area (Å²) in [4.78, 5) is 11.0. The number of anilines is 1. The van der Waals surface area contributed by atoms with Gasteiger partial charge in [-0.1, -0.05) is 18.6 Å². The zero-order valence-corrected chi connectivity index (χ0v) is 13.8. The summed E-state index contributed by atoms with van der Waals surface area (Å²) < 4.78 is 0. The van der Waals surface area contributed by atoms with E-state index in [1.807, 2.05) is 18.5 Å². The Labute approximate surface area is 134 Å². The van der Waals surface area contributed by atoms with Gasteiger partial charge >= 0.3 is 0 Å². The van der Waals surface area contributed by atoms with E-state index in [4.69, 9.17) is 0 Å². The fraction of sp³-hybridized carbons (Fsp3) is 0.667. The zero-order valence-electron chi connectivity index (χ0n) is 13.8. The Bertz CT molecular complexity index is 491. The maximum absolute atomic E-state index is 4.35. The molecule has 0 radical (unpaired) electrons. The first-order chi connectivity index (χ1) is 10.7. The van der Waals surface area contributed by atoms with Gasteiger partial charge in [-0.05, 0) is 50.5 Å². The molecule has 1 aliphatic carbocycles. The van der Waals surface area contributed by atoms with Crippen molar-refractivity contribution >= 4 is 5.95 Å². The second-order valence-electron chi connectivity index (χ2n) is 6.83. The van der Waals surface area contributed by atoms with Crippen LogP contribution < -0.4 is 10.2 Å². The molecule has 0 spiro atoms. The van der Waals surface area contributed by atoms with E-state index in [0.29, 0.717) is 6.04 Å². The van der Waals surface area contributed by atoms with Crippen LogP contribution >= 0.6 is 0 Å². The number of nitrogens with one attached hydrogen (secondary N) is 1. The summed E-state index contributed by atoms with van der Waals surface area (Å²) in [7, 11) is 0. The zero-order chi connectivity index (χ0) is 15.4. The van der Waals surface area contributed by atoms with Crippen LogP contribution in [0.15, 0.2) is 30.1 Å². The Morgan fingerprint density at radius 3 is 2.59 bits per heavy atom. The van der Waals surface area contributed by atoms with Crippen LogP contribution in [0.4, 0.5) is 5.95 Å². The lowest BCUT2D eigenvalue weighted by Crippen LogP contribution is -2.45. The first-order valence-electron chi connectivity index (χ1n) is 8.66. The number of hydrogen-bond donors (Lipinski definition) is 1. The van der Waals surface area contributed by atoms with E-state index in [2.05, 4.69) is 40.1 Å². The molecule has 0 amide bonds. The number of hydrogen-bond acceptors (Lipinski definition) is 4. The van der Waals surface area contributed by atoms with Crippen molar-refractivity contribution < 1.29 is 0 Å². The highest BCUT2D eigenvalue weighted by Gasteiger charge is 2.25. The maximum atomic E-state index is 4.35. The minimum absolute atomic E-state index is 0.641. The molecule has 2 atom stereocenters. The van der Waals surface area contributed by atoms with Crippen molar-refractivity contribution in [2.45, 2.75) is 45.6 Å². The van der Waals surface area contributed by atoms with E-state index >= 15 is 0 Å². The fourth-order valence-electron chi connectivity index (χ4n) is 3.77. The first kappa shape index (κ1) is 15.5. The highest BCUT2D eigenvalue weighted by atomic mass is 15.3. The molecule has 4 heteroatoms. The molecule has 22 heavy (non-hydrogen) atoms. The van der Waals surface area contributed by atoms with Crippen LogP contribution in [0.2, 0.25) is 0 Å². The van der Waals surface area contributed by atoms with Crippen molar-refractivity contribution in [1.82, 2.24) is 15.3 Å². The summed E-state index contributed by atoms with van der Waals surface area (Å²) in [6.07, 6.45) is 11.1. The molecule has 0 saturated carbocycles. The van der Waals surface area contributed by atoms with Crippen LogP contribution in [0.5, 0.6) is 0 Å². The van der Waals surface area contributed by atoms with Gasteiger partial charge in [0.05, 0.1) is 0 Å². The topological polar surface area (TPSA) is 41.0 Å². The van der Waals surface area contributed by atoms with Gasteiger partial charge in [0, 0.05) is 38.1 Å². The molecular weight excluding hydrogens is 272 g/mol. The lowest BCUT2D eigenvalue weighted by Gasteiger charge is -2.35. The fourth-order valence-corrected chi connectivity index (χ4v) is 3.77. The van der Waals surface area contributed by atoms with Gasteiger partial charge in [0.15, 0.2) is 0 Å². The van der Waals surface area contributed by atoms with E-state index in [9.17, 15) is 0 Å². The van der Waals surface area contributed by atoms with E-state index in [-0.39, 0.29) is 0 Å². The molecule has 0 unspecified atom stereocenters. The molecule has 3 rings (SSSR count). The normalized spacial score (nSPS) is 26.8. The third-order valence-electron chi connectivity index (χ3n) is 5.32. The smallest absolute Gasteiger partial charge is 0.225 e. The Kier molecular flexibility index (Phi) is 5.08. The third kappa shape index (κ3) is 3.67. The summed E-state index contributed by atoms with van der Waals surface area (Å²) in [5.74, 6) is 2.42. The highest BCUT2D eigenvalue weighted by molar-refractivity contribution is 5.29. The molecule has 1 N–H and O–H groups in total. The molecule has 4 nitrogen and oxygen atoms in total. The van der Waals surface area contributed by atoms with Crippen molar-refractivity contribution in [2.24, 2.45) is 11.8 Å². The van der Waals surface area contributed by atoms with Crippen LogP contribution in [-0.4, -0.2) is 35.6 Å². The molecule has 1 aromatic heterocycles. The van der Waals surface area contributed by atoms with Crippen molar-refractivity contribution in [3.8, 4) is 0 Å². The summed E-state index contributed by atoms with van der Waals surface area (Å²) in [6.45, 7) is 7.94. The summed E-state index contributed by atoms with van der Waals surface area (Å²) >= 11 is 0. The maximum Gasteiger partial charge on any atom is 0.225 e. The van der Waals surface area contributed by atoms with Gasteiger partial charge in [-0.15, -0.1) is 0 Å². The summed E-state index contributed by atoms with van der Waals surface area (Å²) in [5, 5.41) is 3.82. The summed E-state index contributed by atoms with van der Waals surface area (Å²) in [6, 6.07) is 2.51. The van der Waals surface area contributed by atoms with Gasteiger partial charge in [0.1, 0.15) is 0 Å². The van der Waals surface area contributed by atoms with Crippen LogP contribution in [0.25, 0.3) is 0 Å². The SMILES string of the molecule is CC1=CCC[C@H](C)[C@H]1CNC1CCN(c2ncccn2)CC1. The predicted molar refractivity (Wildman–Crippen MR) is 90.9 cm³/mol. The molecule has 2 heterocycles. The number of rotatable bonds is 4. The van der Waals surface area contributed by atoms with Crippen molar-refractivity contribution in [3.05, 3.63) is 30.1 Å². The third-order valence-corrected chi connectivity index (χ3v) is 5.32. The van der Waals surface area contributed by atoms with E-state index in [1.165, 1.54) is 25.7 Å². The first-order valence-corrected chi connectivity index (χ1v) is 8.66. The summed E-state index contributed by atoms with van der Waals surface area (Å²) in [5.41, 5.74) is 1.58. The molecule has 1 aliphatic heterocycles. The van der Waals surface area contributed by atoms with E-state index in [0.717, 1.165) is 37.4 Å². The lowest BCUT2D eigenvalue weighted by atomic mass is 9.80. The quantitative estimate of drug-likeness (QED) is 0.868. The Hall–Kier alpha value is -1.42. The molecule has 1 aromatic rings. The van der Waals surface area contributed by atoms with Gasteiger partial charge in [-0.2, -0.15) is 0 Å². The van der Waals surface area contributed by atoms with Gasteiger partial charge < -0.3 is 10.2 Å². The molecule has 0 bridgehead atoms. The Balaban J connectivity index is 1.46. The molecule has 1 saturated heterocycles. The molecular formula is C18H28N4. The van der Waals surface area contributed by atoms with Crippen LogP contribution in [0, 0.1) is 11.8 Å². The number of nitrogens with zero attached hydrogens (tertiary/aromatic N) is 3. The highest BCUT2D eigenvalue weighted by Crippen LogP contribution is 2.29. The van der Waals surface area contributed by atoms with Crippen molar-refractivity contribution in [2.75, 3.05) is 24.5 Å². The van der Waals surface area contributed by atoms with Crippen molar-refractivity contribution in [3.63, 3.8) is 0 Å². The predicted octanol–water partition coefficient (Wildman–Crippen LogP) is 3.03. The number of allylic oxidation sites excluding steroid dienone is 1. The van der Waals surface area contributed by atoms with E-state index in [1.54, 1.807) is 5.57 Å². The van der Waals surface area contributed by atoms with Crippen LogP contribution in [0.3, 0.4) is 0 Å². The van der Waals surface area contributed by atoms with Crippen LogP contribution in [-0.2, 0) is 0 Å². The van der Waals surface area contributed by atoms with Gasteiger partial charge in [-0.3, -0.25) is 0 Å². The Morgan fingerprint density at radius 1 is 1.18 bits per heavy atom. The monoisotopic (exact) mass is 300 g/mol. The number of piperidine rings is 1.